The standard InChI is InChI=1S/C22H14N4O6/c1-8-2-4-9(5-3-8)19-25-16-11-7-13(22(31)32)23-15(11)14-10(20(27)28)6-12(21(29)30)24-17(14)18(16)26-19/h2-7,23-24H,1H3,(H,27,28)(H,29,30)(H,31,32). The van der Waals surface area contributed by atoms with Crippen molar-refractivity contribution in [1.29, 1.82) is 0 Å². The van der Waals surface area contributed by atoms with Gasteiger partial charge in [0.05, 0.1) is 16.6 Å². The second-order valence-corrected chi connectivity index (χ2v) is 7.34. The summed E-state index contributed by atoms with van der Waals surface area (Å²) in [7, 11) is 0. The Morgan fingerprint density at radius 2 is 1.38 bits per heavy atom. The highest BCUT2D eigenvalue weighted by atomic mass is 16.4. The second kappa shape index (κ2) is 6.64. The molecule has 0 unspecified atom stereocenters. The van der Waals surface area contributed by atoms with Crippen molar-refractivity contribution in [3.05, 3.63) is 58.9 Å². The van der Waals surface area contributed by atoms with Crippen LogP contribution in [0.15, 0.2) is 36.4 Å². The maximum atomic E-state index is 12.0. The minimum atomic E-state index is -1.36. The molecule has 2 aromatic carbocycles. The number of carboxylic acids is 3. The van der Waals surface area contributed by atoms with Crippen LogP contribution in [0.3, 0.4) is 0 Å². The summed E-state index contributed by atoms with van der Waals surface area (Å²) in [6.45, 7) is 1.94. The number of rotatable bonds is 4. The third kappa shape index (κ3) is 2.77. The van der Waals surface area contributed by atoms with Crippen molar-refractivity contribution in [2.24, 2.45) is 0 Å². The molecule has 0 bridgehead atoms. The van der Waals surface area contributed by atoms with Gasteiger partial charge in [0.25, 0.3) is 0 Å². The molecule has 32 heavy (non-hydrogen) atoms. The molecule has 3 heterocycles. The third-order valence-corrected chi connectivity index (χ3v) is 5.29. The van der Waals surface area contributed by atoms with E-state index >= 15 is 0 Å². The van der Waals surface area contributed by atoms with E-state index < -0.39 is 17.9 Å². The number of aromatic carboxylic acids is 3. The Hall–Kier alpha value is -4.73. The number of benzene rings is 2. The molecule has 5 rings (SSSR count). The minimum absolute atomic E-state index is 0.118. The summed E-state index contributed by atoms with van der Waals surface area (Å²) in [5, 5.41) is 29.2. The van der Waals surface area contributed by atoms with E-state index in [2.05, 4.69) is 19.9 Å². The highest BCUT2D eigenvalue weighted by molar-refractivity contribution is 6.26. The number of carbonyl (C=O) groups is 3. The highest BCUT2D eigenvalue weighted by Crippen LogP contribution is 2.37. The molecule has 0 aliphatic carbocycles. The molecule has 0 fully saturated rings. The van der Waals surface area contributed by atoms with Gasteiger partial charge in [0, 0.05) is 16.3 Å². The van der Waals surface area contributed by atoms with Crippen LogP contribution < -0.4 is 0 Å². The summed E-state index contributed by atoms with van der Waals surface area (Å²) in [4.78, 5) is 49.8. The highest BCUT2D eigenvalue weighted by Gasteiger charge is 2.24. The Bertz CT molecular complexity index is 1610. The monoisotopic (exact) mass is 430 g/mol. The number of aromatic amines is 2. The second-order valence-electron chi connectivity index (χ2n) is 7.34. The molecule has 0 amide bonds. The van der Waals surface area contributed by atoms with Crippen LogP contribution in [-0.4, -0.2) is 53.2 Å². The van der Waals surface area contributed by atoms with E-state index in [1.54, 1.807) is 0 Å². The number of nitrogens with zero attached hydrogens (tertiary/aromatic N) is 2. The van der Waals surface area contributed by atoms with E-state index in [1.165, 1.54) is 6.07 Å². The SMILES string of the molecule is Cc1ccc(-c2nc3c4cc(C(=O)O)[nH]c4c4c(C(=O)O)cc(C(=O)O)[nH]c4c3n2)cc1. The molecule has 10 nitrogen and oxygen atoms in total. The molecule has 0 aliphatic heterocycles. The van der Waals surface area contributed by atoms with Crippen molar-refractivity contribution in [2.45, 2.75) is 6.92 Å². The number of nitrogens with one attached hydrogen (secondary N) is 2. The summed E-state index contributed by atoms with van der Waals surface area (Å²) in [5.41, 5.74) is 1.84. The zero-order valence-electron chi connectivity index (χ0n) is 16.4. The van der Waals surface area contributed by atoms with Crippen LogP contribution in [0.25, 0.3) is 44.2 Å². The maximum absolute atomic E-state index is 12.0. The molecular formula is C22H14N4O6. The molecule has 5 aromatic rings. The van der Waals surface area contributed by atoms with Crippen LogP contribution in [0, 0.1) is 6.92 Å². The number of hydrogen-bond donors (Lipinski definition) is 5. The van der Waals surface area contributed by atoms with Gasteiger partial charge in [-0.15, -0.1) is 0 Å². The van der Waals surface area contributed by atoms with Crippen molar-refractivity contribution in [3.8, 4) is 11.4 Å². The fraction of sp³-hybridized carbons (Fsp3) is 0.0455. The molecule has 0 radical (unpaired) electrons. The van der Waals surface area contributed by atoms with Gasteiger partial charge >= 0.3 is 17.9 Å². The Labute approximate surface area is 178 Å². The summed E-state index contributed by atoms with van der Waals surface area (Å²) in [5.74, 6) is -3.60. The van der Waals surface area contributed by atoms with Gasteiger partial charge in [0.2, 0.25) is 0 Å². The van der Waals surface area contributed by atoms with Crippen LogP contribution >= 0.6 is 0 Å². The molecule has 5 N–H and O–H groups in total. The van der Waals surface area contributed by atoms with Gasteiger partial charge in [-0.1, -0.05) is 29.8 Å². The first kappa shape index (κ1) is 19.2. The average Bonchev–Trinajstić information content (AvgIpc) is 3.38. The van der Waals surface area contributed by atoms with Gasteiger partial charge in [0.15, 0.2) is 5.82 Å². The fourth-order valence-corrected chi connectivity index (χ4v) is 3.80. The van der Waals surface area contributed by atoms with Crippen LogP contribution in [-0.2, 0) is 0 Å². The van der Waals surface area contributed by atoms with E-state index in [9.17, 15) is 29.7 Å². The van der Waals surface area contributed by atoms with Gasteiger partial charge in [-0.3, -0.25) is 0 Å². The number of aromatic nitrogens is 4. The number of carboxylic acid groups (broad SMARTS) is 3. The molecule has 0 saturated heterocycles. The molecular weight excluding hydrogens is 416 g/mol. The lowest BCUT2D eigenvalue weighted by Gasteiger charge is -2.08. The van der Waals surface area contributed by atoms with Crippen molar-refractivity contribution in [2.75, 3.05) is 0 Å². The lowest BCUT2D eigenvalue weighted by Crippen LogP contribution is -2.07. The Balaban J connectivity index is 2.00. The van der Waals surface area contributed by atoms with E-state index in [0.717, 1.165) is 11.6 Å². The lowest BCUT2D eigenvalue weighted by atomic mass is 10.0. The average molecular weight is 430 g/mol. The van der Waals surface area contributed by atoms with Gasteiger partial charge in [-0.25, -0.2) is 24.4 Å². The van der Waals surface area contributed by atoms with Gasteiger partial charge in [-0.05, 0) is 19.1 Å². The summed E-state index contributed by atoms with van der Waals surface area (Å²) in [6.07, 6.45) is 0. The summed E-state index contributed by atoms with van der Waals surface area (Å²) in [6, 6.07) is 9.80. The lowest BCUT2D eigenvalue weighted by molar-refractivity contribution is 0.0678. The van der Waals surface area contributed by atoms with Gasteiger partial charge in [-0.2, -0.15) is 0 Å². The Morgan fingerprint density at radius 1 is 0.781 bits per heavy atom. The predicted octanol–water partition coefficient (Wildman–Crippen LogP) is 3.66. The number of imidazole rings is 1. The molecule has 10 heteroatoms. The van der Waals surface area contributed by atoms with Crippen LogP contribution in [0.5, 0.6) is 0 Å². The molecule has 0 spiro atoms. The van der Waals surface area contributed by atoms with Crippen molar-refractivity contribution < 1.29 is 29.7 Å². The van der Waals surface area contributed by atoms with Crippen molar-refractivity contribution in [3.63, 3.8) is 0 Å². The van der Waals surface area contributed by atoms with Crippen molar-refractivity contribution >= 4 is 50.7 Å². The first-order chi connectivity index (χ1) is 15.2. The Morgan fingerprint density at radius 3 is 2.00 bits per heavy atom. The third-order valence-electron chi connectivity index (χ3n) is 5.29. The van der Waals surface area contributed by atoms with Crippen LogP contribution in [0.2, 0.25) is 0 Å². The zero-order chi connectivity index (χ0) is 22.7. The number of aryl methyl sites for hydroxylation is 1. The first-order valence-corrected chi connectivity index (χ1v) is 9.40. The molecule has 158 valence electrons. The molecule has 0 saturated carbocycles. The topological polar surface area (TPSA) is 169 Å². The summed E-state index contributed by atoms with van der Waals surface area (Å²) < 4.78 is 0. The molecule has 0 atom stereocenters. The van der Waals surface area contributed by atoms with Crippen LogP contribution in [0.4, 0.5) is 0 Å². The number of hydrogen-bond acceptors (Lipinski definition) is 5. The summed E-state index contributed by atoms with van der Waals surface area (Å²) >= 11 is 0. The zero-order valence-corrected chi connectivity index (χ0v) is 16.4. The first-order valence-electron chi connectivity index (χ1n) is 9.40. The van der Waals surface area contributed by atoms with E-state index in [4.69, 9.17) is 0 Å². The van der Waals surface area contributed by atoms with Crippen molar-refractivity contribution in [1.82, 2.24) is 19.9 Å². The Kier molecular flexibility index (Phi) is 3.99. The quantitative estimate of drug-likeness (QED) is 0.288. The van der Waals surface area contributed by atoms with Gasteiger partial charge in [0.1, 0.15) is 22.4 Å². The van der Waals surface area contributed by atoms with E-state index in [-0.39, 0.29) is 38.9 Å². The van der Waals surface area contributed by atoms with Crippen LogP contribution in [0.1, 0.15) is 36.9 Å². The molecule has 0 aliphatic rings. The number of fused-ring (bicyclic) bond motifs is 6. The normalized spacial score (nSPS) is 11.4. The van der Waals surface area contributed by atoms with Gasteiger partial charge < -0.3 is 25.3 Å². The number of H-pyrrole nitrogens is 2. The van der Waals surface area contributed by atoms with E-state index in [0.29, 0.717) is 22.3 Å². The fourth-order valence-electron chi connectivity index (χ4n) is 3.80. The predicted molar refractivity (Wildman–Crippen MR) is 114 cm³/mol. The van der Waals surface area contributed by atoms with E-state index in [1.807, 2.05) is 31.2 Å². The largest absolute Gasteiger partial charge is 0.478 e. The molecule has 3 aromatic heterocycles. The maximum Gasteiger partial charge on any atom is 0.352 e. The number of pyridine rings is 1. The smallest absolute Gasteiger partial charge is 0.352 e. The minimum Gasteiger partial charge on any atom is -0.478 e.